The molecule has 3 nitrogen and oxygen atoms in total. The molecule has 0 saturated carbocycles. The van der Waals surface area contributed by atoms with Gasteiger partial charge in [0.05, 0.1) is 6.04 Å². The molecule has 4 heteroatoms. The Balaban J connectivity index is 1.52. The Labute approximate surface area is 147 Å². The largest absolute Gasteiger partial charge is 0.361 e. The Bertz CT molecular complexity index is 840. The highest BCUT2D eigenvalue weighted by Gasteiger charge is 2.12. The van der Waals surface area contributed by atoms with Crippen molar-refractivity contribution >= 4 is 28.4 Å². The number of benzene rings is 2. The van der Waals surface area contributed by atoms with Crippen LogP contribution in [-0.4, -0.2) is 10.9 Å². The van der Waals surface area contributed by atoms with Gasteiger partial charge in [-0.25, -0.2) is 0 Å². The average molecular weight is 341 g/mol. The zero-order chi connectivity index (χ0) is 16.9. The summed E-state index contributed by atoms with van der Waals surface area (Å²) in [5.41, 5.74) is 3.35. The summed E-state index contributed by atoms with van der Waals surface area (Å²) in [6, 6.07) is 15.8. The molecule has 24 heavy (non-hydrogen) atoms. The quantitative estimate of drug-likeness (QED) is 0.650. The van der Waals surface area contributed by atoms with E-state index < -0.39 is 0 Å². The number of H-pyrrole nitrogens is 1. The molecule has 124 valence electrons. The Kier molecular flexibility index (Phi) is 5.21. The van der Waals surface area contributed by atoms with E-state index in [1.807, 2.05) is 49.5 Å². The smallest absolute Gasteiger partial charge is 0.220 e. The Morgan fingerprint density at radius 1 is 1.17 bits per heavy atom. The molecule has 0 aliphatic carbocycles. The third-order valence-electron chi connectivity index (χ3n) is 4.27. The van der Waals surface area contributed by atoms with E-state index in [0.717, 1.165) is 23.9 Å². The van der Waals surface area contributed by atoms with Crippen LogP contribution in [0.2, 0.25) is 5.02 Å². The minimum absolute atomic E-state index is 0.0576. The molecule has 3 rings (SSSR count). The second kappa shape index (κ2) is 7.54. The minimum atomic E-state index is -0.0840. The monoisotopic (exact) mass is 340 g/mol. The van der Waals surface area contributed by atoms with Gasteiger partial charge in [-0.3, -0.25) is 4.79 Å². The maximum Gasteiger partial charge on any atom is 0.220 e. The topological polar surface area (TPSA) is 44.9 Å². The van der Waals surface area contributed by atoms with E-state index in [9.17, 15) is 4.79 Å². The molecule has 0 spiro atoms. The number of nitrogens with one attached hydrogen (secondary N) is 2. The number of para-hydroxylation sites is 1. The average Bonchev–Trinajstić information content (AvgIpc) is 2.98. The summed E-state index contributed by atoms with van der Waals surface area (Å²) in [5, 5.41) is 4.95. The van der Waals surface area contributed by atoms with E-state index >= 15 is 0 Å². The van der Waals surface area contributed by atoms with Crippen LogP contribution < -0.4 is 5.32 Å². The fraction of sp³-hybridized carbons (Fsp3) is 0.250. The number of hydrogen-bond acceptors (Lipinski definition) is 1. The van der Waals surface area contributed by atoms with Gasteiger partial charge in [0, 0.05) is 28.5 Å². The molecule has 0 aliphatic rings. The van der Waals surface area contributed by atoms with Crippen LogP contribution in [0.1, 0.15) is 36.9 Å². The number of aromatic amines is 1. The van der Waals surface area contributed by atoms with Crippen molar-refractivity contribution in [2.75, 3.05) is 0 Å². The summed E-state index contributed by atoms with van der Waals surface area (Å²) in [5.74, 6) is 0.0576. The van der Waals surface area contributed by atoms with Crippen molar-refractivity contribution in [3.8, 4) is 0 Å². The molecule has 1 unspecified atom stereocenters. The van der Waals surface area contributed by atoms with Gasteiger partial charge >= 0.3 is 0 Å². The molecular weight excluding hydrogens is 320 g/mol. The molecule has 2 aromatic carbocycles. The molecule has 3 aromatic rings. The second-order valence-corrected chi connectivity index (χ2v) is 6.43. The maximum absolute atomic E-state index is 12.2. The maximum atomic E-state index is 12.2. The van der Waals surface area contributed by atoms with Crippen LogP contribution in [0.15, 0.2) is 54.7 Å². The van der Waals surface area contributed by atoms with Crippen LogP contribution in [0, 0.1) is 0 Å². The molecule has 0 radical (unpaired) electrons. The third kappa shape index (κ3) is 3.80. The van der Waals surface area contributed by atoms with E-state index in [-0.39, 0.29) is 11.9 Å². The molecule has 1 amide bonds. The van der Waals surface area contributed by atoms with Gasteiger partial charge in [0.25, 0.3) is 0 Å². The number of carbonyl (C=O) groups is 1. The first-order valence-corrected chi connectivity index (χ1v) is 8.61. The minimum Gasteiger partial charge on any atom is -0.361 e. The lowest BCUT2D eigenvalue weighted by Crippen LogP contribution is -2.26. The Morgan fingerprint density at radius 2 is 1.92 bits per heavy atom. The first-order valence-electron chi connectivity index (χ1n) is 8.24. The standard InChI is InChI=1S/C20H21ClN2O/c1-14(16-8-2-4-10-18(16)21)23-20(24)12-6-7-15-13-22-19-11-5-3-9-17(15)19/h2-5,8-11,13-14,22H,6-7,12H2,1H3,(H,23,24). The van der Waals surface area contributed by atoms with Gasteiger partial charge in [0.1, 0.15) is 0 Å². The van der Waals surface area contributed by atoms with Crippen molar-refractivity contribution in [2.24, 2.45) is 0 Å². The second-order valence-electron chi connectivity index (χ2n) is 6.02. The summed E-state index contributed by atoms with van der Waals surface area (Å²) in [4.78, 5) is 15.4. The lowest BCUT2D eigenvalue weighted by molar-refractivity contribution is -0.121. The number of aromatic nitrogens is 1. The summed E-state index contributed by atoms with van der Waals surface area (Å²) >= 11 is 6.18. The zero-order valence-electron chi connectivity index (χ0n) is 13.7. The number of halogens is 1. The first kappa shape index (κ1) is 16.6. The molecule has 0 aliphatic heterocycles. The Morgan fingerprint density at radius 3 is 2.75 bits per heavy atom. The van der Waals surface area contributed by atoms with E-state index in [2.05, 4.69) is 22.4 Å². The van der Waals surface area contributed by atoms with Crippen LogP contribution in [0.5, 0.6) is 0 Å². The zero-order valence-corrected chi connectivity index (χ0v) is 14.4. The SMILES string of the molecule is CC(NC(=O)CCCc1c[nH]c2ccccc12)c1ccccc1Cl. The predicted molar refractivity (Wildman–Crippen MR) is 99.2 cm³/mol. The normalized spacial score (nSPS) is 12.2. The van der Waals surface area contributed by atoms with Crippen molar-refractivity contribution in [2.45, 2.75) is 32.2 Å². The molecule has 0 bridgehead atoms. The number of fused-ring (bicyclic) bond motifs is 1. The Hall–Kier alpha value is -2.26. The van der Waals surface area contributed by atoms with Crippen LogP contribution in [-0.2, 0) is 11.2 Å². The van der Waals surface area contributed by atoms with E-state index in [1.54, 1.807) is 0 Å². The van der Waals surface area contributed by atoms with Crippen molar-refractivity contribution in [1.82, 2.24) is 10.3 Å². The van der Waals surface area contributed by atoms with Crippen LogP contribution >= 0.6 is 11.6 Å². The first-order chi connectivity index (χ1) is 11.6. The third-order valence-corrected chi connectivity index (χ3v) is 4.62. The van der Waals surface area contributed by atoms with Gasteiger partial charge in [-0.1, -0.05) is 48.0 Å². The van der Waals surface area contributed by atoms with Gasteiger partial charge in [0.2, 0.25) is 5.91 Å². The summed E-state index contributed by atoms with van der Waals surface area (Å²) < 4.78 is 0. The van der Waals surface area contributed by atoms with Crippen LogP contribution in [0.25, 0.3) is 10.9 Å². The molecule has 0 fully saturated rings. The van der Waals surface area contributed by atoms with Crippen LogP contribution in [0.3, 0.4) is 0 Å². The van der Waals surface area contributed by atoms with Gasteiger partial charge in [-0.05, 0) is 43.0 Å². The van der Waals surface area contributed by atoms with Gasteiger partial charge in [-0.2, -0.15) is 0 Å². The summed E-state index contributed by atoms with van der Waals surface area (Å²) in [7, 11) is 0. The number of hydrogen-bond donors (Lipinski definition) is 2. The predicted octanol–water partition coefficient (Wildman–Crippen LogP) is 5.02. The van der Waals surface area contributed by atoms with Crippen molar-refractivity contribution < 1.29 is 4.79 Å². The molecule has 0 saturated heterocycles. The number of aryl methyl sites for hydroxylation is 1. The lowest BCUT2D eigenvalue weighted by atomic mass is 10.1. The van der Waals surface area contributed by atoms with Gasteiger partial charge in [0.15, 0.2) is 0 Å². The van der Waals surface area contributed by atoms with Crippen LogP contribution in [0.4, 0.5) is 0 Å². The highest BCUT2D eigenvalue weighted by molar-refractivity contribution is 6.31. The molecular formula is C20H21ClN2O. The molecule has 2 N–H and O–H groups in total. The lowest BCUT2D eigenvalue weighted by Gasteiger charge is -2.15. The van der Waals surface area contributed by atoms with E-state index in [0.29, 0.717) is 11.4 Å². The molecule has 1 atom stereocenters. The molecule has 1 aromatic heterocycles. The van der Waals surface area contributed by atoms with E-state index in [1.165, 1.54) is 10.9 Å². The van der Waals surface area contributed by atoms with Gasteiger partial charge < -0.3 is 10.3 Å². The molecule has 1 heterocycles. The highest BCUT2D eigenvalue weighted by atomic mass is 35.5. The van der Waals surface area contributed by atoms with Crippen molar-refractivity contribution in [1.29, 1.82) is 0 Å². The van der Waals surface area contributed by atoms with Crippen molar-refractivity contribution in [3.63, 3.8) is 0 Å². The van der Waals surface area contributed by atoms with E-state index in [4.69, 9.17) is 11.6 Å². The number of amides is 1. The van der Waals surface area contributed by atoms with Gasteiger partial charge in [-0.15, -0.1) is 0 Å². The number of carbonyl (C=O) groups excluding carboxylic acids is 1. The van der Waals surface area contributed by atoms with Crippen molar-refractivity contribution in [3.05, 3.63) is 70.9 Å². The summed E-state index contributed by atoms with van der Waals surface area (Å²) in [6.07, 6.45) is 4.25. The number of rotatable bonds is 6. The summed E-state index contributed by atoms with van der Waals surface area (Å²) in [6.45, 7) is 1.96. The highest BCUT2D eigenvalue weighted by Crippen LogP contribution is 2.22. The fourth-order valence-corrected chi connectivity index (χ4v) is 3.29. The fourth-order valence-electron chi connectivity index (χ4n) is 3.00.